The van der Waals surface area contributed by atoms with E-state index in [1.54, 1.807) is 12.1 Å². The molecule has 2 nitrogen and oxygen atoms in total. The number of rotatable bonds is 1. The van der Waals surface area contributed by atoms with Crippen LogP contribution in [-0.4, -0.2) is 24.6 Å². The number of benzene rings is 1. The van der Waals surface area contributed by atoms with Crippen LogP contribution in [0.25, 0.3) is 0 Å². The predicted octanol–water partition coefficient (Wildman–Crippen LogP) is 3.52. The number of nitrogens with zero attached hydrogens (tertiary/aromatic N) is 1. The van der Waals surface area contributed by atoms with Gasteiger partial charge in [0.1, 0.15) is 0 Å². The van der Waals surface area contributed by atoms with Crippen LogP contribution < -0.4 is 10.6 Å². The average molecular weight is 277 g/mol. The Labute approximate surface area is 110 Å². The van der Waals surface area contributed by atoms with Gasteiger partial charge in [0.15, 0.2) is 0 Å². The van der Waals surface area contributed by atoms with E-state index in [0.717, 1.165) is 24.5 Å². The molecule has 0 radical (unpaired) electrons. The third-order valence-electron chi connectivity index (χ3n) is 2.58. The molecule has 1 aromatic rings. The minimum absolute atomic E-state index is 0.614. The van der Waals surface area contributed by atoms with Gasteiger partial charge in [-0.05, 0) is 24.3 Å². The third kappa shape index (κ3) is 2.70. The molecule has 1 saturated heterocycles. The molecule has 0 spiro atoms. The molecular weight excluding hydrogens is 263 g/mol. The minimum atomic E-state index is 0.614. The van der Waals surface area contributed by atoms with Crippen molar-refractivity contribution < 1.29 is 0 Å². The molecule has 0 aliphatic carbocycles. The summed E-state index contributed by atoms with van der Waals surface area (Å²) < 4.78 is 0. The van der Waals surface area contributed by atoms with Crippen LogP contribution >= 0.6 is 35.0 Å². The zero-order chi connectivity index (χ0) is 11.5. The first-order valence-corrected chi connectivity index (χ1v) is 7.17. The molecule has 1 aliphatic heterocycles. The zero-order valence-electron chi connectivity index (χ0n) is 8.88. The summed E-state index contributed by atoms with van der Waals surface area (Å²) in [6, 6.07) is 3.53. The summed E-state index contributed by atoms with van der Waals surface area (Å²) in [5.74, 6) is 2.33. The fourth-order valence-electron chi connectivity index (χ4n) is 1.86. The number of nitrogens with two attached hydrogens (primary N) is 1. The summed E-state index contributed by atoms with van der Waals surface area (Å²) in [6.45, 7) is 2.00. The Morgan fingerprint density at radius 1 is 1.12 bits per heavy atom. The summed E-state index contributed by atoms with van der Waals surface area (Å²) in [6.07, 6.45) is 1.17. The van der Waals surface area contributed by atoms with Crippen LogP contribution in [0.3, 0.4) is 0 Å². The predicted molar refractivity (Wildman–Crippen MR) is 75.0 cm³/mol. The summed E-state index contributed by atoms with van der Waals surface area (Å²) in [7, 11) is 0. The van der Waals surface area contributed by atoms with Gasteiger partial charge in [-0.2, -0.15) is 11.8 Å². The van der Waals surface area contributed by atoms with Crippen molar-refractivity contribution in [2.75, 3.05) is 35.2 Å². The lowest BCUT2D eigenvalue weighted by Crippen LogP contribution is -2.26. The first kappa shape index (κ1) is 12.2. The Balaban J connectivity index is 2.31. The molecule has 5 heteroatoms. The molecule has 0 unspecified atom stereocenters. The first-order chi connectivity index (χ1) is 7.68. The third-order valence-corrected chi connectivity index (χ3v) is 4.20. The van der Waals surface area contributed by atoms with E-state index in [4.69, 9.17) is 28.9 Å². The number of anilines is 2. The Morgan fingerprint density at radius 2 is 1.81 bits per heavy atom. The fourth-order valence-corrected chi connectivity index (χ4v) is 3.49. The van der Waals surface area contributed by atoms with Gasteiger partial charge >= 0.3 is 0 Å². The van der Waals surface area contributed by atoms with Crippen molar-refractivity contribution >= 4 is 46.3 Å². The van der Waals surface area contributed by atoms with Gasteiger partial charge in [0.05, 0.1) is 15.7 Å². The van der Waals surface area contributed by atoms with Gasteiger partial charge < -0.3 is 10.6 Å². The summed E-state index contributed by atoms with van der Waals surface area (Å²) in [5, 5.41) is 1.30. The maximum atomic E-state index is 6.21. The van der Waals surface area contributed by atoms with Crippen molar-refractivity contribution in [1.29, 1.82) is 0 Å². The normalized spacial score (nSPS) is 17.2. The number of hydrogen-bond donors (Lipinski definition) is 1. The Hall–Kier alpha value is -0.250. The van der Waals surface area contributed by atoms with Crippen LogP contribution in [0.5, 0.6) is 0 Å². The number of thioether (sulfide) groups is 1. The van der Waals surface area contributed by atoms with E-state index in [1.807, 2.05) is 11.8 Å². The molecule has 0 saturated carbocycles. The SMILES string of the molecule is Nc1cc(Cl)c(N2CCCSCC2)c(Cl)c1. The second-order valence-electron chi connectivity index (χ2n) is 3.79. The largest absolute Gasteiger partial charge is 0.399 e. The summed E-state index contributed by atoms with van der Waals surface area (Å²) in [5.41, 5.74) is 7.24. The van der Waals surface area contributed by atoms with Crippen LogP contribution in [0.4, 0.5) is 11.4 Å². The molecular formula is C11H14Cl2N2S. The zero-order valence-corrected chi connectivity index (χ0v) is 11.2. The van der Waals surface area contributed by atoms with Crippen molar-refractivity contribution in [1.82, 2.24) is 0 Å². The first-order valence-electron chi connectivity index (χ1n) is 5.25. The fraction of sp³-hybridized carbons (Fsp3) is 0.455. The smallest absolute Gasteiger partial charge is 0.0746 e. The molecule has 1 fully saturated rings. The van der Waals surface area contributed by atoms with Crippen LogP contribution in [0.15, 0.2) is 12.1 Å². The highest BCUT2D eigenvalue weighted by Gasteiger charge is 2.16. The molecule has 0 aromatic heterocycles. The highest BCUT2D eigenvalue weighted by molar-refractivity contribution is 7.99. The van der Waals surface area contributed by atoms with Crippen LogP contribution in [0.2, 0.25) is 10.0 Å². The quantitative estimate of drug-likeness (QED) is 0.796. The monoisotopic (exact) mass is 276 g/mol. The van der Waals surface area contributed by atoms with E-state index in [1.165, 1.54) is 12.2 Å². The molecule has 2 rings (SSSR count). The topological polar surface area (TPSA) is 29.3 Å². The van der Waals surface area contributed by atoms with Crippen LogP contribution in [0, 0.1) is 0 Å². The standard InChI is InChI=1S/C11H14Cl2N2S/c12-9-6-8(14)7-10(13)11(9)15-2-1-4-16-5-3-15/h6-7H,1-5,14H2. The van der Waals surface area contributed by atoms with Crippen LogP contribution in [0.1, 0.15) is 6.42 Å². The highest BCUT2D eigenvalue weighted by Crippen LogP contribution is 2.36. The second kappa shape index (κ2) is 5.39. The maximum absolute atomic E-state index is 6.21. The second-order valence-corrected chi connectivity index (χ2v) is 5.83. The lowest BCUT2D eigenvalue weighted by molar-refractivity contribution is 0.816. The highest BCUT2D eigenvalue weighted by atomic mass is 35.5. The van der Waals surface area contributed by atoms with Crippen molar-refractivity contribution in [2.24, 2.45) is 0 Å². The summed E-state index contributed by atoms with van der Waals surface area (Å²) in [4.78, 5) is 2.25. The average Bonchev–Trinajstić information content (AvgIpc) is 2.44. The van der Waals surface area contributed by atoms with Gasteiger partial charge in [-0.3, -0.25) is 0 Å². The van der Waals surface area contributed by atoms with Crippen molar-refractivity contribution in [2.45, 2.75) is 6.42 Å². The van der Waals surface area contributed by atoms with E-state index in [9.17, 15) is 0 Å². The maximum Gasteiger partial charge on any atom is 0.0746 e. The molecule has 1 aliphatic rings. The van der Waals surface area contributed by atoms with Gasteiger partial charge in [-0.25, -0.2) is 0 Å². The molecule has 0 bridgehead atoms. The Kier molecular flexibility index (Phi) is 4.11. The Bertz CT molecular complexity index is 353. The Morgan fingerprint density at radius 3 is 2.50 bits per heavy atom. The molecule has 0 amide bonds. The number of halogens is 2. The minimum Gasteiger partial charge on any atom is -0.399 e. The molecule has 88 valence electrons. The van der Waals surface area contributed by atoms with E-state index in [2.05, 4.69) is 4.90 Å². The van der Waals surface area contributed by atoms with Crippen LogP contribution in [-0.2, 0) is 0 Å². The summed E-state index contributed by atoms with van der Waals surface area (Å²) >= 11 is 14.4. The van der Waals surface area contributed by atoms with Gasteiger partial charge in [0.25, 0.3) is 0 Å². The molecule has 1 heterocycles. The van der Waals surface area contributed by atoms with Crippen molar-refractivity contribution in [3.05, 3.63) is 22.2 Å². The van der Waals surface area contributed by atoms with E-state index >= 15 is 0 Å². The van der Waals surface area contributed by atoms with Gasteiger partial charge in [0, 0.05) is 24.5 Å². The number of nitrogen functional groups attached to an aromatic ring is 1. The molecule has 0 atom stereocenters. The molecule has 2 N–H and O–H groups in total. The lowest BCUT2D eigenvalue weighted by atomic mass is 10.2. The number of hydrogen-bond acceptors (Lipinski definition) is 3. The molecule has 1 aromatic carbocycles. The van der Waals surface area contributed by atoms with Crippen molar-refractivity contribution in [3.8, 4) is 0 Å². The van der Waals surface area contributed by atoms with Gasteiger partial charge in [-0.15, -0.1) is 0 Å². The van der Waals surface area contributed by atoms with Crippen molar-refractivity contribution in [3.63, 3.8) is 0 Å². The van der Waals surface area contributed by atoms with Gasteiger partial charge in [0.2, 0.25) is 0 Å². The van der Waals surface area contributed by atoms with Gasteiger partial charge in [-0.1, -0.05) is 23.2 Å². The van der Waals surface area contributed by atoms with E-state index < -0.39 is 0 Å². The molecule has 16 heavy (non-hydrogen) atoms. The van der Waals surface area contributed by atoms with E-state index in [-0.39, 0.29) is 0 Å². The lowest BCUT2D eigenvalue weighted by Gasteiger charge is -2.24. The van der Waals surface area contributed by atoms with E-state index in [0.29, 0.717) is 15.7 Å².